The van der Waals surface area contributed by atoms with Gasteiger partial charge in [-0.15, -0.1) is 0 Å². The summed E-state index contributed by atoms with van der Waals surface area (Å²) in [6, 6.07) is 10.8. The lowest BCUT2D eigenvalue weighted by Gasteiger charge is -2.30. The molecule has 1 atom stereocenters. The van der Waals surface area contributed by atoms with Crippen LogP contribution in [0.15, 0.2) is 64.7 Å². The summed E-state index contributed by atoms with van der Waals surface area (Å²) in [7, 11) is -2.44. The second kappa shape index (κ2) is 9.40. The van der Waals surface area contributed by atoms with E-state index in [0.29, 0.717) is 16.3 Å². The van der Waals surface area contributed by atoms with Gasteiger partial charge in [-0.05, 0) is 37.3 Å². The number of nitrogens with one attached hydrogen (secondary N) is 2. The monoisotopic (exact) mass is 464 g/mol. The number of rotatable bonds is 7. The van der Waals surface area contributed by atoms with Crippen molar-refractivity contribution in [1.29, 1.82) is 0 Å². The van der Waals surface area contributed by atoms with Crippen LogP contribution in [-0.2, 0) is 19.4 Å². The van der Waals surface area contributed by atoms with Crippen molar-refractivity contribution in [3.8, 4) is 5.75 Å². The summed E-state index contributed by atoms with van der Waals surface area (Å²) in [5, 5.41) is 5.51. The number of para-hydroxylation sites is 1. The minimum atomic E-state index is -3.90. The third-order valence-corrected chi connectivity index (χ3v) is 6.52. The predicted molar refractivity (Wildman–Crippen MR) is 115 cm³/mol. The van der Waals surface area contributed by atoms with Crippen LogP contribution in [0.3, 0.4) is 0 Å². The normalized spacial score (nSPS) is 16.4. The second-order valence-corrected chi connectivity index (χ2v) is 9.03. The van der Waals surface area contributed by atoms with Gasteiger partial charge in [0.05, 0.1) is 36.0 Å². The van der Waals surface area contributed by atoms with E-state index in [2.05, 4.69) is 10.6 Å². The molecule has 1 unspecified atom stereocenters. The van der Waals surface area contributed by atoms with Crippen LogP contribution in [0.25, 0.3) is 0 Å². The van der Waals surface area contributed by atoms with Crippen LogP contribution in [0.4, 0.5) is 4.79 Å². The first-order chi connectivity index (χ1) is 14.8. The summed E-state index contributed by atoms with van der Waals surface area (Å²) >= 11 is 5.85. The molecule has 2 aromatic carbocycles. The molecule has 0 saturated carbocycles. The second-order valence-electron chi connectivity index (χ2n) is 6.60. The number of methoxy groups -OCH3 is 1. The van der Waals surface area contributed by atoms with E-state index in [0.717, 1.165) is 0 Å². The van der Waals surface area contributed by atoms with Crippen molar-refractivity contribution in [2.24, 2.45) is 0 Å². The van der Waals surface area contributed by atoms with Crippen LogP contribution in [-0.4, -0.2) is 39.9 Å². The van der Waals surface area contributed by atoms with Crippen LogP contribution < -0.4 is 15.4 Å². The summed E-state index contributed by atoms with van der Waals surface area (Å²) in [5.74, 6) is -0.925. The van der Waals surface area contributed by atoms with Gasteiger partial charge in [0.2, 0.25) is 0 Å². The molecule has 164 valence electrons. The molecule has 0 aromatic heterocycles. The number of benzene rings is 2. The van der Waals surface area contributed by atoms with E-state index in [1.807, 2.05) is 0 Å². The molecule has 0 aliphatic carbocycles. The van der Waals surface area contributed by atoms with E-state index >= 15 is 0 Å². The number of urea groups is 1. The Hall–Kier alpha value is -3.04. The molecule has 0 spiro atoms. The minimum absolute atomic E-state index is 0.00855. The van der Waals surface area contributed by atoms with Gasteiger partial charge < -0.3 is 20.1 Å². The van der Waals surface area contributed by atoms with Gasteiger partial charge >= 0.3 is 12.0 Å². The van der Waals surface area contributed by atoms with Crippen molar-refractivity contribution in [2.75, 3.05) is 19.5 Å². The highest BCUT2D eigenvalue weighted by molar-refractivity contribution is 7.91. The van der Waals surface area contributed by atoms with Crippen molar-refractivity contribution >= 4 is 33.4 Å². The van der Waals surface area contributed by atoms with Crippen LogP contribution in [0.2, 0.25) is 5.02 Å². The van der Waals surface area contributed by atoms with Crippen LogP contribution >= 0.6 is 11.6 Å². The number of carbonyl (C=O) groups is 2. The summed E-state index contributed by atoms with van der Waals surface area (Å²) in [6.45, 7) is 1.71. The van der Waals surface area contributed by atoms with Crippen LogP contribution in [0.5, 0.6) is 5.75 Å². The smallest absolute Gasteiger partial charge is 0.338 e. The van der Waals surface area contributed by atoms with Crippen molar-refractivity contribution in [3.05, 3.63) is 70.4 Å². The molecule has 0 bridgehead atoms. The lowest BCUT2D eigenvalue weighted by molar-refractivity contribution is -0.139. The zero-order valence-electron chi connectivity index (χ0n) is 16.8. The van der Waals surface area contributed by atoms with E-state index in [-0.39, 0.29) is 22.8 Å². The molecule has 3 rings (SSSR count). The van der Waals surface area contributed by atoms with Crippen molar-refractivity contribution in [3.63, 3.8) is 0 Å². The minimum Gasteiger partial charge on any atom is -0.496 e. The highest BCUT2D eigenvalue weighted by Crippen LogP contribution is 2.34. The fourth-order valence-corrected chi connectivity index (χ4v) is 4.69. The molecule has 31 heavy (non-hydrogen) atoms. The van der Waals surface area contributed by atoms with Gasteiger partial charge in [0.15, 0.2) is 9.84 Å². The first-order valence-corrected chi connectivity index (χ1v) is 11.4. The maximum Gasteiger partial charge on any atom is 0.338 e. The number of ether oxygens (including phenoxy) is 2. The summed E-state index contributed by atoms with van der Waals surface area (Å²) in [5.41, 5.74) is 0.417. The Morgan fingerprint density at radius 2 is 1.81 bits per heavy atom. The number of carbonyl (C=O) groups excluding carboxylic acids is 2. The molecule has 1 aliphatic heterocycles. The molecule has 1 heterocycles. The molecule has 0 saturated heterocycles. The zero-order valence-corrected chi connectivity index (χ0v) is 18.4. The number of halogens is 1. The Morgan fingerprint density at radius 3 is 2.45 bits per heavy atom. The quantitative estimate of drug-likeness (QED) is 0.609. The summed E-state index contributed by atoms with van der Waals surface area (Å²) in [4.78, 5) is 25.2. The Labute approximate surface area is 185 Å². The highest BCUT2D eigenvalue weighted by atomic mass is 35.5. The third-order valence-electron chi connectivity index (χ3n) is 4.61. The van der Waals surface area contributed by atoms with E-state index < -0.39 is 33.6 Å². The number of sulfone groups is 1. The summed E-state index contributed by atoms with van der Waals surface area (Å²) < 4.78 is 36.5. The van der Waals surface area contributed by atoms with Crippen molar-refractivity contribution < 1.29 is 27.5 Å². The molecule has 8 nitrogen and oxygen atoms in total. The topological polar surface area (TPSA) is 111 Å². The van der Waals surface area contributed by atoms with Gasteiger partial charge in [-0.25, -0.2) is 18.0 Å². The van der Waals surface area contributed by atoms with Gasteiger partial charge in [0.25, 0.3) is 0 Å². The molecule has 1 aliphatic rings. The fraction of sp³-hybridized carbons (Fsp3) is 0.238. The maximum absolute atomic E-state index is 13.0. The van der Waals surface area contributed by atoms with Gasteiger partial charge in [-0.1, -0.05) is 29.8 Å². The molecule has 2 aromatic rings. The summed E-state index contributed by atoms with van der Waals surface area (Å²) in [6.07, 6.45) is 0. The van der Waals surface area contributed by atoms with E-state index in [9.17, 15) is 18.0 Å². The molecule has 2 N–H and O–H groups in total. The standard InChI is InChI=1S/C21H21ClN2O6S/c1-3-30-20(25)18-16(12-31(27,28)14-10-8-13(22)9-11-14)23-21(26)24-19(18)15-6-4-5-7-17(15)29-2/h4-11,19H,3,12H2,1-2H3,(H2,23,24,26). The lowest BCUT2D eigenvalue weighted by atomic mass is 9.95. The Kier molecular flexibility index (Phi) is 6.87. The van der Waals surface area contributed by atoms with Gasteiger partial charge in [0, 0.05) is 16.3 Å². The Bertz CT molecular complexity index is 1130. The average molecular weight is 465 g/mol. The Balaban J connectivity index is 2.13. The first kappa shape index (κ1) is 22.6. The number of hydrogen-bond acceptors (Lipinski definition) is 6. The molecular weight excluding hydrogens is 444 g/mol. The van der Waals surface area contributed by atoms with Crippen molar-refractivity contribution in [1.82, 2.24) is 10.6 Å². The van der Waals surface area contributed by atoms with Crippen LogP contribution in [0.1, 0.15) is 18.5 Å². The zero-order chi connectivity index (χ0) is 22.6. The van der Waals surface area contributed by atoms with Gasteiger partial charge in [0.1, 0.15) is 5.75 Å². The fourth-order valence-electron chi connectivity index (χ4n) is 3.24. The SMILES string of the molecule is CCOC(=O)C1=C(CS(=O)(=O)c2ccc(Cl)cc2)NC(=O)NC1c1ccccc1OC. The molecule has 2 amide bonds. The predicted octanol–water partition coefficient (Wildman–Crippen LogP) is 2.99. The first-order valence-electron chi connectivity index (χ1n) is 9.35. The van der Waals surface area contributed by atoms with E-state index in [4.69, 9.17) is 21.1 Å². The maximum atomic E-state index is 13.0. The lowest BCUT2D eigenvalue weighted by Crippen LogP contribution is -2.47. The highest BCUT2D eigenvalue weighted by Gasteiger charge is 2.36. The number of esters is 1. The van der Waals surface area contributed by atoms with Crippen molar-refractivity contribution in [2.45, 2.75) is 17.9 Å². The third kappa shape index (κ3) is 5.00. The molecule has 0 radical (unpaired) electrons. The molecule has 10 heteroatoms. The van der Waals surface area contributed by atoms with Crippen LogP contribution in [0, 0.1) is 0 Å². The molecule has 0 fully saturated rings. The number of amides is 2. The Morgan fingerprint density at radius 1 is 1.13 bits per heavy atom. The van der Waals surface area contributed by atoms with Gasteiger partial charge in [-0.2, -0.15) is 0 Å². The van der Waals surface area contributed by atoms with E-state index in [1.54, 1.807) is 31.2 Å². The number of hydrogen-bond donors (Lipinski definition) is 2. The van der Waals surface area contributed by atoms with Gasteiger partial charge in [-0.3, -0.25) is 0 Å². The largest absolute Gasteiger partial charge is 0.496 e. The molecular formula is C21H21ClN2O6S. The van der Waals surface area contributed by atoms with E-state index in [1.165, 1.54) is 31.4 Å². The average Bonchev–Trinajstić information content (AvgIpc) is 2.73.